The van der Waals surface area contributed by atoms with Crippen LogP contribution in [0.15, 0.2) is 18.3 Å². The van der Waals surface area contributed by atoms with Crippen LogP contribution in [0.25, 0.3) is 0 Å². The second-order valence-corrected chi connectivity index (χ2v) is 5.43. The van der Waals surface area contributed by atoms with E-state index in [2.05, 4.69) is 4.98 Å². The van der Waals surface area contributed by atoms with Crippen molar-refractivity contribution < 1.29 is 9.59 Å². The summed E-state index contributed by atoms with van der Waals surface area (Å²) < 4.78 is 0. The highest BCUT2D eigenvalue weighted by Gasteiger charge is 2.31. The first-order valence-electron chi connectivity index (χ1n) is 5.44. The van der Waals surface area contributed by atoms with E-state index >= 15 is 0 Å². The van der Waals surface area contributed by atoms with Gasteiger partial charge in [0.2, 0.25) is 5.91 Å². The van der Waals surface area contributed by atoms with Crippen LogP contribution in [0.4, 0.5) is 5.69 Å². The minimum Gasteiger partial charge on any atom is -0.310 e. The molecular weight excluding hydrogens is 250 g/mol. The largest absolute Gasteiger partial charge is 0.310 e. The Hall–Kier alpha value is -1.87. The average molecular weight is 261 g/mol. The zero-order chi connectivity index (χ0) is 13.1. The van der Waals surface area contributed by atoms with Crippen LogP contribution in [-0.4, -0.2) is 27.8 Å². The van der Waals surface area contributed by atoms with Crippen molar-refractivity contribution in [2.24, 2.45) is 0 Å². The highest BCUT2D eigenvalue weighted by molar-refractivity contribution is 8.14. The van der Waals surface area contributed by atoms with Gasteiger partial charge in [-0.2, -0.15) is 5.26 Å². The molecule has 92 valence electrons. The summed E-state index contributed by atoms with van der Waals surface area (Å²) in [7, 11) is 0. The Balaban J connectivity index is 2.11. The fraction of sp³-hybridized carbons (Fsp3) is 0.333. The Morgan fingerprint density at radius 2 is 2.39 bits per heavy atom. The lowest BCUT2D eigenvalue weighted by atomic mass is 10.3. The van der Waals surface area contributed by atoms with Gasteiger partial charge in [-0.3, -0.25) is 9.59 Å². The second-order valence-electron chi connectivity index (χ2n) is 3.95. The van der Waals surface area contributed by atoms with Gasteiger partial charge in [-0.15, -0.1) is 0 Å². The summed E-state index contributed by atoms with van der Waals surface area (Å²) in [5.41, 5.74) is 0.991. The number of nitrogens with zero attached hydrogens (tertiary/aromatic N) is 3. The van der Waals surface area contributed by atoms with Gasteiger partial charge in [-0.1, -0.05) is 11.8 Å². The van der Waals surface area contributed by atoms with Crippen molar-refractivity contribution in [2.45, 2.75) is 18.6 Å². The van der Waals surface area contributed by atoms with Crippen LogP contribution in [0.5, 0.6) is 0 Å². The van der Waals surface area contributed by atoms with Crippen molar-refractivity contribution in [1.29, 1.82) is 5.26 Å². The molecule has 1 aliphatic heterocycles. The van der Waals surface area contributed by atoms with E-state index in [0.717, 1.165) is 0 Å². The predicted octanol–water partition coefficient (Wildman–Crippen LogP) is 1.34. The molecule has 0 spiro atoms. The molecule has 1 fully saturated rings. The van der Waals surface area contributed by atoms with E-state index in [0.29, 0.717) is 24.3 Å². The van der Waals surface area contributed by atoms with Crippen LogP contribution in [-0.2, 0) is 9.59 Å². The number of aromatic nitrogens is 1. The van der Waals surface area contributed by atoms with Crippen molar-refractivity contribution in [1.82, 2.24) is 4.98 Å². The maximum absolute atomic E-state index is 11.8. The SMILES string of the molecule is CC(=O)SC1CC(=O)N(c2ccc(C#N)nc2)C1. The van der Waals surface area contributed by atoms with Crippen molar-refractivity contribution in [3.05, 3.63) is 24.0 Å². The fourth-order valence-corrected chi connectivity index (χ4v) is 2.77. The molecule has 2 rings (SSSR count). The molecule has 1 atom stereocenters. The molecule has 0 radical (unpaired) electrons. The first-order valence-corrected chi connectivity index (χ1v) is 6.32. The third-order valence-corrected chi connectivity index (χ3v) is 3.58. The average Bonchev–Trinajstić information content (AvgIpc) is 2.69. The van der Waals surface area contributed by atoms with E-state index in [-0.39, 0.29) is 16.3 Å². The first-order chi connectivity index (χ1) is 8.60. The quantitative estimate of drug-likeness (QED) is 0.803. The van der Waals surface area contributed by atoms with E-state index in [9.17, 15) is 9.59 Å². The Bertz CT molecular complexity index is 521. The molecule has 18 heavy (non-hydrogen) atoms. The van der Waals surface area contributed by atoms with Crippen molar-refractivity contribution in [3.63, 3.8) is 0 Å². The number of hydrogen-bond donors (Lipinski definition) is 0. The Labute approximate surface area is 109 Å². The van der Waals surface area contributed by atoms with Crippen molar-refractivity contribution in [2.75, 3.05) is 11.4 Å². The topological polar surface area (TPSA) is 74.1 Å². The molecule has 0 aromatic carbocycles. The lowest BCUT2D eigenvalue weighted by molar-refractivity contribution is -0.117. The summed E-state index contributed by atoms with van der Waals surface area (Å²) >= 11 is 1.20. The van der Waals surface area contributed by atoms with Gasteiger partial charge in [0, 0.05) is 25.1 Å². The molecule has 1 saturated heterocycles. The minimum atomic E-state index is -0.0137. The van der Waals surface area contributed by atoms with Gasteiger partial charge >= 0.3 is 0 Å². The number of amides is 1. The molecule has 0 aliphatic carbocycles. The summed E-state index contributed by atoms with van der Waals surface area (Å²) in [5.74, 6) is -0.0137. The van der Waals surface area contributed by atoms with Gasteiger partial charge in [0.05, 0.1) is 11.9 Å². The number of rotatable bonds is 2. The molecule has 1 unspecified atom stereocenters. The van der Waals surface area contributed by atoms with E-state index < -0.39 is 0 Å². The van der Waals surface area contributed by atoms with Gasteiger partial charge < -0.3 is 4.90 Å². The van der Waals surface area contributed by atoms with Crippen molar-refractivity contribution >= 4 is 28.5 Å². The first kappa shape index (κ1) is 12.6. The highest BCUT2D eigenvalue weighted by atomic mass is 32.2. The van der Waals surface area contributed by atoms with Crippen LogP contribution in [0.1, 0.15) is 19.0 Å². The van der Waals surface area contributed by atoms with E-state index in [1.807, 2.05) is 6.07 Å². The zero-order valence-corrected chi connectivity index (χ0v) is 10.6. The van der Waals surface area contributed by atoms with Crippen molar-refractivity contribution in [3.8, 4) is 6.07 Å². The number of hydrogen-bond acceptors (Lipinski definition) is 5. The van der Waals surface area contributed by atoms with E-state index in [4.69, 9.17) is 5.26 Å². The van der Waals surface area contributed by atoms with Crippen LogP contribution in [0, 0.1) is 11.3 Å². The maximum atomic E-state index is 11.8. The molecular formula is C12H11N3O2S. The van der Waals surface area contributed by atoms with Crippen LogP contribution >= 0.6 is 11.8 Å². The lowest BCUT2D eigenvalue weighted by Crippen LogP contribution is -2.25. The standard InChI is InChI=1S/C12H11N3O2S/c1-8(16)18-11-4-12(17)15(7-11)10-3-2-9(5-13)14-6-10/h2-3,6,11H,4,7H2,1H3. The molecule has 0 N–H and O–H groups in total. The Morgan fingerprint density at radius 3 is 2.94 bits per heavy atom. The number of nitriles is 1. The van der Waals surface area contributed by atoms with Gasteiger partial charge in [-0.05, 0) is 12.1 Å². The summed E-state index contributed by atoms with van der Waals surface area (Å²) in [5, 5.41) is 8.68. The van der Waals surface area contributed by atoms with E-state index in [1.165, 1.54) is 24.9 Å². The smallest absolute Gasteiger partial charge is 0.228 e. The third kappa shape index (κ3) is 2.68. The number of carbonyl (C=O) groups is 2. The Kier molecular flexibility index (Phi) is 3.63. The van der Waals surface area contributed by atoms with Gasteiger partial charge in [0.1, 0.15) is 11.8 Å². The number of anilines is 1. The van der Waals surface area contributed by atoms with Gasteiger partial charge in [-0.25, -0.2) is 4.98 Å². The zero-order valence-electron chi connectivity index (χ0n) is 9.79. The number of pyridine rings is 1. The maximum Gasteiger partial charge on any atom is 0.228 e. The molecule has 1 aromatic rings. The molecule has 5 nitrogen and oxygen atoms in total. The molecule has 0 bridgehead atoms. The van der Waals surface area contributed by atoms with E-state index in [1.54, 1.807) is 17.0 Å². The normalized spacial score (nSPS) is 18.8. The molecule has 2 heterocycles. The van der Waals surface area contributed by atoms with Crippen LogP contribution in [0.2, 0.25) is 0 Å². The lowest BCUT2D eigenvalue weighted by Gasteiger charge is -2.15. The summed E-state index contributed by atoms with van der Waals surface area (Å²) in [6, 6.07) is 5.20. The fourth-order valence-electron chi connectivity index (χ4n) is 1.85. The third-order valence-electron chi connectivity index (χ3n) is 2.60. The molecule has 0 saturated carbocycles. The number of carbonyl (C=O) groups excluding carboxylic acids is 2. The second kappa shape index (κ2) is 5.19. The molecule has 1 amide bonds. The monoisotopic (exact) mass is 261 g/mol. The van der Waals surface area contributed by atoms with Crippen LogP contribution in [0.3, 0.4) is 0 Å². The summed E-state index contributed by atoms with van der Waals surface area (Å²) in [6.07, 6.45) is 1.88. The highest BCUT2D eigenvalue weighted by Crippen LogP contribution is 2.28. The van der Waals surface area contributed by atoms with Gasteiger partial charge in [0.25, 0.3) is 0 Å². The predicted molar refractivity (Wildman–Crippen MR) is 68.0 cm³/mol. The summed E-state index contributed by atoms with van der Waals surface area (Å²) in [6.45, 7) is 2.01. The minimum absolute atomic E-state index is 0.00523. The Morgan fingerprint density at radius 1 is 1.61 bits per heavy atom. The van der Waals surface area contributed by atoms with Crippen LogP contribution < -0.4 is 4.90 Å². The number of thioether (sulfide) groups is 1. The molecule has 1 aliphatic rings. The molecule has 1 aromatic heterocycles. The van der Waals surface area contributed by atoms with Gasteiger partial charge in [0.15, 0.2) is 5.12 Å². The molecule has 6 heteroatoms. The summed E-state index contributed by atoms with van der Waals surface area (Å²) in [4.78, 5) is 28.4.